The molecule has 101 heavy (non-hydrogen) atoms. The van der Waals surface area contributed by atoms with E-state index in [2.05, 4.69) is 292 Å². The summed E-state index contributed by atoms with van der Waals surface area (Å²) in [6, 6.07) is 15.4. The Morgan fingerprint density at radius 2 is 0.327 bits per heavy atom. The minimum absolute atomic E-state index is 0. The standard InChI is InChI=1S/C57H87P3.6C4H10O2.C2H5O.2Li/c1-49(2,3)34-28-37(52(10,11)12)43(38(29-34)53(13,14)15)58-46-47(59-44-39(54(16,17)18)30-35(50(4,5)6)31-40(44)55(19,20)21)48(46)60-45-41(56(22,23)24)32-36(51(7,8)9)33-42(45)57(25,26)27;6*1-5-3-4-6-2;1-3-2;;/h28-33H,1-27H3;6*3-4H2,1-2H3;1H2,2H3;;/q;;;;;;;-1;;+1. The molecule has 3 aromatic carbocycles. The summed E-state index contributed by atoms with van der Waals surface area (Å²) in [5, 5.41) is 9.20. The van der Waals surface area contributed by atoms with Crippen LogP contribution in [0.3, 0.4) is 0 Å². The maximum absolute atomic E-state index is 4.66. The normalized spacial score (nSPS) is 12.6. The molecule has 13 nitrogen and oxygen atoms in total. The maximum atomic E-state index is 4.66. The van der Waals surface area contributed by atoms with E-state index >= 15 is 0 Å². The van der Waals surface area contributed by atoms with Gasteiger partial charge in [-0.1, -0.05) is 248 Å². The molecule has 1 saturated carbocycles. The second-order valence-corrected chi connectivity index (χ2v) is 36.9. The molecule has 3 aromatic rings. The molecule has 0 bridgehead atoms. The predicted octanol–water partition coefficient (Wildman–Crippen LogP) is 14.7. The molecule has 579 valence electrons. The van der Waals surface area contributed by atoms with E-state index in [1.54, 1.807) is 101 Å². The molecule has 18 heteroatoms. The van der Waals surface area contributed by atoms with Gasteiger partial charge in [-0.15, -0.1) is 0 Å². The average molecular weight is 1460 g/mol. The fourth-order valence-corrected chi connectivity index (χ4v) is 14.9. The minimum atomic E-state index is -0.00199. The van der Waals surface area contributed by atoms with E-state index < -0.39 is 0 Å². The van der Waals surface area contributed by atoms with Crippen molar-refractivity contribution in [3.63, 3.8) is 0 Å². The zero-order valence-electron chi connectivity index (χ0n) is 73.3. The van der Waals surface area contributed by atoms with Gasteiger partial charge >= 0.3 is 18.9 Å². The van der Waals surface area contributed by atoms with Crippen LogP contribution in [0.15, 0.2) is 36.4 Å². The van der Waals surface area contributed by atoms with Crippen LogP contribution in [0.25, 0.3) is 0 Å². The summed E-state index contributed by atoms with van der Waals surface area (Å²) in [6.45, 7) is 73.3. The number of methoxy groups -OCH3 is 13. The van der Waals surface area contributed by atoms with Crippen molar-refractivity contribution in [2.24, 2.45) is 0 Å². The van der Waals surface area contributed by atoms with Crippen molar-refractivity contribution in [2.75, 3.05) is 172 Å². The van der Waals surface area contributed by atoms with Crippen LogP contribution in [0, 0.1) is 7.11 Å². The summed E-state index contributed by atoms with van der Waals surface area (Å²) in [7, 11) is 28.4. The summed E-state index contributed by atoms with van der Waals surface area (Å²) in [5.74, 6) is 0. The van der Waals surface area contributed by atoms with E-state index in [9.17, 15) is 0 Å². The van der Waals surface area contributed by atoms with E-state index in [-0.39, 0.29) is 86.5 Å². The van der Waals surface area contributed by atoms with Gasteiger partial charge in [0.05, 0.1) is 79.3 Å². The van der Waals surface area contributed by atoms with E-state index in [1.165, 1.54) is 97.7 Å². The minimum Gasteiger partial charge on any atom is -0.557 e. The Balaban J connectivity index is -0.000000445. The van der Waals surface area contributed by atoms with Crippen molar-refractivity contribution < 1.29 is 80.4 Å². The Bertz CT molecular complexity index is 2280. The third kappa shape index (κ3) is 46.7. The molecule has 4 rings (SSSR count). The first-order chi connectivity index (χ1) is 45.3. The van der Waals surface area contributed by atoms with Gasteiger partial charge in [0.15, 0.2) is 0 Å². The van der Waals surface area contributed by atoms with Crippen molar-refractivity contribution in [3.05, 3.63) is 93.6 Å². The first-order valence-electron chi connectivity index (χ1n) is 34.9. The second kappa shape index (κ2) is 54.4. The first kappa shape index (κ1) is 111. The van der Waals surface area contributed by atoms with E-state index in [0.717, 1.165) is 0 Å². The fraction of sp³-hybridized carbons (Fsp3) is 0.735. The molecule has 0 saturated heterocycles. The van der Waals surface area contributed by atoms with Gasteiger partial charge in [-0.25, -0.2) is 7.11 Å². The van der Waals surface area contributed by atoms with Crippen LogP contribution in [0.1, 0.15) is 237 Å². The van der Waals surface area contributed by atoms with Gasteiger partial charge in [-0.2, -0.15) is 0 Å². The largest absolute Gasteiger partial charge is 1.00 e. The van der Waals surface area contributed by atoms with Crippen molar-refractivity contribution in [2.45, 2.75) is 236 Å². The van der Waals surface area contributed by atoms with Crippen LogP contribution in [0.2, 0.25) is 0 Å². The number of hydrogen-bond donors (Lipinski definition) is 0. The van der Waals surface area contributed by atoms with Crippen LogP contribution in [0.5, 0.6) is 0 Å². The number of hydrogen-bond acceptors (Lipinski definition) is 13. The van der Waals surface area contributed by atoms with Gasteiger partial charge in [0, 0.05) is 136 Å². The van der Waals surface area contributed by atoms with Crippen molar-refractivity contribution >= 4 is 75.3 Å². The fourth-order valence-electron chi connectivity index (χ4n) is 8.81. The summed E-state index contributed by atoms with van der Waals surface area (Å²) in [4.78, 5) is 0. The predicted molar refractivity (Wildman–Crippen MR) is 443 cm³/mol. The van der Waals surface area contributed by atoms with Gasteiger partial charge in [0.25, 0.3) is 0 Å². The molecular formula is C83H152Li2O13P3. The van der Waals surface area contributed by atoms with Crippen LogP contribution >= 0.6 is 24.6 Å². The molecule has 0 heterocycles. The Morgan fingerprint density at radius 1 is 0.228 bits per heavy atom. The third-order valence-electron chi connectivity index (χ3n) is 15.0. The number of rotatable bonds is 21. The Hall–Kier alpha value is -1.16. The molecule has 1 aliphatic rings. The van der Waals surface area contributed by atoms with Gasteiger partial charge in [0.1, 0.15) is 0 Å². The molecule has 0 N–H and O–H groups in total. The zero-order valence-corrected chi connectivity index (χ0v) is 76.0. The molecule has 0 aliphatic heterocycles. The quantitative estimate of drug-likeness (QED) is 0.0436. The molecule has 0 aromatic heterocycles. The molecule has 0 spiro atoms. The van der Waals surface area contributed by atoms with Crippen LogP contribution in [0.4, 0.5) is 0 Å². The number of ether oxygens (including phenoxy) is 13. The summed E-state index contributed by atoms with van der Waals surface area (Å²) in [5.41, 5.74) is 13.5. The van der Waals surface area contributed by atoms with E-state index in [4.69, 9.17) is 0 Å². The molecule has 0 unspecified atom stereocenters. The second-order valence-electron chi connectivity index (χ2n) is 33.6. The molecule has 0 atom stereocenters. The van der Waals surface area contributed by atoms with E-state index in [1.807, 2.05) is 0 Å². The summed E-state index contributed by atoms with van der Waals surface area (Å²) < 4.78 is 59.9. The van der Waals surface area contributed by atoms with Crippen LogP contribution in [-0.2, 0) is 110 Å². The Labute approximate surface area is 652 Å². The molecule has 1 fully saturated rings. The van der Waals surface area contributed by atoms with Crippen molar-refractivity contribution in [1.29, 1.82) is 0 Å². The van der Waals surface area contributed by atoms with Gasteiger partial charge in [-0.3, -0.25) is 0 Å². The monoisotopic (exact) mass is 1460 g/mol. The zero-order chi connectivity index (χ0) is 78.2. The number of benzene rings is 3. The maximum Gasteiger partial charge on any atom is 1.00 e. The molecule has 1 radical (unpaired) electrons. The molecule has 0 amide bonds. The van der Waals surface area contributed by atoms with Crippen molar-refractivity contribution in [1.82, 2.24) is 0 Å². The summed E-state index contributed by atoms with van der Waals surface area (Å²) >= 11 is 0. The Morgan fingerprint density at radius 3 is 0.396 bits per heavy atom. The van der Waals surface area contributed by atoms with Gasteiger partial charge in [-0.05, 0) is 106 Å². The topological polar surface area (TPSA) is 120 Å². The van der Waals surface area contributed by atoms with Gasteiger partial charge in [0.2, 0.25) is 0 Å². The van der Waals surface area contributed by atoms with Crippen LogP contribution in [-0.4, -0.2) is 206 Å². The summed E-state index contributed by atoms with van der Waals surface area (Å²) in [6.07, 6.45) is 0. The van der Waals surface area contributed by atoms with Gasteiger partial charge < -0.3 is 61.6 Å². The average Bonchev–Trinajstić information content (AvgIpc) is 1.59. The third-order valence-corrected chi connectivity index (χ3v) is 19.7. The Kier molecular flexibility index (Phi) is 59.7. The SMILES string of the molecule is CC(C)(C)c1cc(C(C)(C)C)c(P=C2C(=Pc3c(C(C)(C)C)cc(C(C)(C)C)cc3C(C)(C)C)C2=Pc2c(C(C)(C)C)cc(C(C)(C)C)cc2C(C)(C)C)c(C(C)(C)C)c1.COCCOC.COCCOC.COCCOC.COCCOC.COCCOC.COCCOC.[CH2-]OC.[Li+].[Li]. The molecular weight excluding hydrogens is 1310 g/mol. The molecule has 1 aliphatic carbocycles. The van der Waals surface area contributed by atoms with Crippen molar-refractivity contribution in [3.8, 4) is 0 Å². The smallest absolute Gasteiger partial charge is 0.557 e. The first-order valence-corrected chi connectivity index (χ1v) is 37.5. The van der Waals surface area contributed by atoms with E-state index in [0.29, 0.717) is 79.3 Å². The van der Waals surface area contributed by atoms with Crippen LogP contribution < -0.4 is 34.8 Å².